The van der Waals surface area contributed by atoms with Gasteiger partial charge in [-0.25, -0.2) is 13.8 Å². The molecule has 1 aromatic heterocycles. The number of benzene rings is 1. The van der Waals surface area contributed by atoms with Crippen LogP contribution < -0.4 is 5.32 Å². The number of hydrogen-bond acceptors (Lipinski definition) is 3. The van der Waals surface area contributed by atoms with Gasteiger partial charge >= 0.3 is 0 Å². The van der Waals surface area contributed by atoms with Crippen LogP contribution >= 0.6 is 0 Å². The molecule has 1 unspecified atom stereocenters. The van der Waals surface area contributed by atoms with Crippen molar-refractivity contribution < 1.29 is 8.78 Å². The molecule has 0 radical (unpaired) electrons. The summed E-state index contributed by atoms with van der Waals surface area (Å²) < 4.78 is 27.3. The summed E-state index contributed by atoms with van der Waals surface area (Å²) in [6, 6.07) is 3.11. The molecule has 0 aliphatic rings. The molecule has 2 N–H and O–H groups in total. The molecule has 1 atom stereocenters. The molecular weight excluding hydrogens is 226 g/mol. The second-order valence-electron chi connectivity index (χ2n) is 3.50. The lowest BCUT2D eigenvalue weighted by atomic mass is 10.0. The van der Waals surface area contributed by atoms with Gasteiger partial charge in [0.2, 0.25) is 0 Å². The van der Waals surface area contributed by atoms with Gasteiger partial charge in [0.25, 0.3) is 0 Å². The Morgan fingerprint density at radius 2 is 2.06 bits per heavy atom. The van der Waals surface area contributed by atoms with Crippen molar-refractivity contribution in [2.45, 2.75) is 13.0 Å². The number of rotatable bonds is 4. The van der Waals surface area contributed by atoms with Crippen LogP contribution in [0.4, 0.5) is 8.78 Å². The van der Waals surface area contributed by atoms with Crippen molar-refractivity contribution in [2.75, 3.05) is 6.54 Å². The third-order valence-corrected chi connectivity index (χ3v) is 2.40. The summed E-state index contributed by atoms with van der Waals surface area (Å²) in [4.78, 5) is 3.93. The SMILES string of the molecule is CCNC(c1ncn[nH]1)c1c(F)cccc1F. The first-order valence-electron chi connectivity index (χ1n) is 5.26. The van der Waals surface area contributed by atoms with Gasteiger partial charge in [0, 0.05) is 5.56 Å². The average molecular weight is 238 g/mol. The highest BCUT2D eigenvalue weighted by Gasteiger charge is 2.23. The van der Waals surface area contributed by atoms with Gasteiger partial charge in [-0.1, -0.05) is 13.0 Å². The smallest absolute Gasteiger partial charge is 0.146 e. The maximum atomic E-state index is 13.7. The van der Waals surface area contributed by atoms with E-state index in [1.807, 2.05) is 6.92 Å². The molecular formula is C11H12F2N4. The zero-order valence-corrected chi connectivity index (χ0v) is 9.24. The summed E-state index contributed by atoms with van der Waals surface area (Å²) in [5.74, 6) is -0.824. The van der Waals surface area contributed by atoms with E-state index in [4.69, 9.17) is 0 Å². The molecule has 90 valence electrons. The minimum Gasteiger partial charge on any atom is -0.304 e. The van der Waals surface area contributed by atoms with Gasteiger partial charge in [-0.2, -0.15) is 5.10 Å². The largest absolute Gasteiger partial charge is 0.304 e. The highest BCUT2D eigenvalue weighted by atomic mass is 19.1. The molecule has 17 heavy (non-hydrogen) atoms. The van der Waals surface area contributed by atoms with Crippen molar-refractivity contribution in [2.24, 2.45) is 0 Å². The van der Waals surface area contributed by atoms with Gasteiger partial charge in [0.1, 0.15) is 23.8 Å². The van der Waals surface area contributed by atoms with E-state index in [-0.39, 0.29) is 5.56 Å². The standard InChI is InChI=1S/C11H12F2N4/c1-2-14-10(11-15-6-16-17-11)9-7(12)4-3-5-8(9)13/h3-6,10,14H,2H2,1H3,(H,15,16,17). The van der Waals surface area contributed by atoms with Gasteiger partial charge in [0.15, 0.2) is 0 Å². The molecule has 4 nitrogen and oxygen atoms in total. The topological polar surface area (TPSA) is 53.6 Å². The number of aromatic nitrogens is 3. The van der Waals surface area contributed by atoms with Crippen LogP contribution in [0.5, 0.6) is 0 Å². The van der Waals surface area contributed by atoms with Crippen LogP contribution in [0.3, 0.4) is 0 Å². The Labute approximate surface area is 97.1 Å². The van der Waals surface area contributed by atoms with Crippen molar-refractivity contribution in [3.63, 3.8) is 0 Å². The fourth-order valence-corrected chi connectivity index (χ4v) is 1.68. The minimum atomic E-state index is -0.663. The predicted molar refractivity (Wildman–Crippen MR) is 58.3 cm³/mol. The first kappa shape index (κ1) is 11.7. The predicted octanol–water partition coefficient (Wildman–Crippen LogP) is 1.78. The van der Waals surface area contributed by atoms with Crippen LogP contribution in [-0.4, -0.2) is 21.7 Å². The first-order chi connectivity index (χ1) is 8.24. The fraction of sp³-hybridized carbons (Fsp3) is 0.273. The van der Waals surface area contributed by atoms with Gasteiger partial charge in [-0.3, -0.25) is 5.10 Å². The van der Waals surface area contributed by atoms with Gasteiger partial charge in [-0.05, 0) is 18.7 Å². The molecule has 0 saturated carbocycles. The Morgan fingerprint density at radius 3 is 2.59 bits per heavy atom. The van der Waals surface area contributed by atoms with Gasteiger partial charge < -0.3 is 5.32 Å². The summed E-state index contributed by atoms with van der Waals surface area (Å²) in [6.45, 7) is 2.40. The van der Waals surface area contributed by atoms with Gasteiger partial charge in [-0.15, -0.1) is 0 Å². The summed E-state index contributed by atoms with van der Waals surface area (Å²) >= 11 is 0. The molecule has 1 aromatic carbocycles. The number of nitrogens with one attached hydrogen (secondary N) is 2. The van der Waals surface area contributed by atoms with Crippen LogP contribution in [0.2, 0.25) is 0 Å². The van der Waals surface area contributed by atoms with Gasteiger partial charge in [0.05, 0.1) is 6.04 Å². The van der Waals surface area contributed by atoms with Crippen molar-refractivity contribution >= 4 is 0 Å². The van der Waals surface area contributed by atoms with Crippen molar-refractivity contribution in [3.8, 4) is 0 Å². The van der Waals surface area contributed by atoms with E-state index >= 15 is 0 Å². The van der Waals surface area contributed by atoms with Crippen molar-refractivity contribution in [1.82, 2.24) is 20.5 Å². The molecule has 2 aromatic rings. The highest BCUT2D eigenvalue weighted by Crippen LogP contribution is 2.24. The quantitative estimate of drug-likeness (QED) is 0.853. The second-order valence-corrected chi connectivity index (χ2v) is 3.50. The Balaban J connectivity index is 2.46. The van der Waals surface area contributed by atoms with E-state index in [0.717, 1.165) is 0 Å². The number of halogens is 2. The summed E-state index contributed by atoms with van der Waals surface area (Å²) in [7, 11) is 0. The van der Waals surface area contributed by atoms with E-state index in [0.29, 0.717) is 12.4 Å². The van der Waals surface area contributed by atoms with Crippen LogP contribution in [0.1, 0.15) is 24.4 Å². The zero-order valence-electron chi connectivity index (χ0n) is 9.24. The first-order valence-corrected chi connectivity index (χ1v) is 5.26. The average Bonchev–Trinajstić information content (AvgIpc) is 2.80. The van der Waals surface area contributed by atoms with Crippen LogP contribution in [0.25, 0.3) is 0 Å². The van der Waals surface area contributed by atoms with Crippen LogP contribution in [0, 0.1) is 11.6 Å². The van der Waals surface area contributed by atoms with Crippen molar-refractivity contribution in [3.05, 3.63) is 47.5 Å². The number of H-pyrrole nitrogens is 1. The lowest BCUT2D eigenvalue weighted by Crippen LogP contribution is -2.25. The molecule has 6 heteroatoms. The monoisotopic (exact) mass is 238 g/mol. The summed E-state index contributed by atoms with van der Waals surface area (Å²) in [6.07, 6.45) is 1.30. The Kier molecular flexibility index (Phi) is 3.43. The van der Waals surface area contributed by atoms with E-state index in [1.165, 1.54) is 24.5 Å². The molecule has 0 aliphatic carbocycles. The minimum absolute atomic E-state index is 0.0499. The maximum absolute atomic E-state index is 13.7. The normalized spacial score (nSPS) is 12.6. The Morgan fingerprint density at radius 1 is 1.35 bits per heavy atom. The maximum Gasteiger partial charge on any atom is 0.146 e. The molecule has 2 rings (SSSR count). The van der Waals surface area contributed by atoms with Crippen molar-refractivity contribution in [1.29, 1.82) is 0 Å². The Hall–Kier alpha value is -1.82. The third kappa shape index (κ3) is 2.31. The van der Waals surface area contributed by atoms with E-state index in [2.05, 4.69) is 20.5 Å². The molecule has 0 bridgehead atoms. The van der Waals surface area contributed by atoms with Crippen LogP contribution in [0.15, 0.2) is 24.5 Å². The highest BCUT2D eigenvalue weighted by molar-refractivity contribution is 5.27. The molecule has 0 spiro atoms. The number of nitrogens with zero attached hydrogens (tertiary/aromatic N) is 2. The molecule has 0 amide bonds. The Bertz CT molecular complexity index is 464. The fourth-order valence-electron chi connectivity index (χ4n) is 1.68. The number of aromatic amines is 1. The van der Waals surface area contributed by atoms with E-state index in [9.17, 15) is 8.78 Å². The summed E-state index contributed by atoms with van der Waals surface area (Å²) in [5.41, 5.74) is -0.0499. The molecule has 0 fully saturated rings. The second kappa shape index (κ2) is 5.01. The lowest BCUT2D eigenvalue weighted by Gasteiger charge is -2.16. The van der Waals surface area contributed by atoms with E-state index in [1.54, 1.807) is 0 Å². The third-order valence-electron chi connectivity index (χ3n) is 2.40. The van der Waals surface area contributed by atoms with Crippen LogP contribution in [-0.2, 0) is 0 Å². The zero-order chi connectivity index (χ0) is 12.3. The molecule has 0 saturated heterocycles. The summed E-state index contributed by atoms with van der Waals surface area (Å²) in [5, 5.41) is 9.28. The molecule has 0 aliphatic heterocycles. The van der Waals surface area contributed by atoms with E-state index < -0.39 is 17.7 Å². The molecule has 1 heterocycles. The lowest BCUT2D eigenvalue weighted by molar-refractivity contribution is 0.499. The number of hydrogen-bond donors (Lipinski definition) is 2.